The predicted molar refractivity (Wildman–Crippen MR) is 98.6 cm³/mol. The number of aromatic nitrogens is 2. The number of pyridine rings is 1. The third-order valence-electron chi connectivity index (χ3n) is 4.11. The van der Waals surface area contributed by atoms with Crippen molar-refractivity contribution in [3.05, 3.63) is 56.5 Å². The van der Waals surface area contributed by atoms with Crippen molar-refractivity contribution < 1.29 is 9.21 Å². The van der Waals surface area contributed by atoms with E-state index in [1.165, 1.54) is 11.3 Å². The lowest BCUT2D eigenvalue weighted by Gasteiger charge is -2.04. The van der Waals surface area contributed by atoms with E-state index in [9.17, 15) is 9.59 Å². The number of nitrogens with zero attached hydrogens (tertiary/aromatic N) is 1. The summed E-state index contributed by atoms with van der Waals surface area (Å²) >= 11 is 1.39. The molecule has 0 saturated heterocycles. The number of amides is 1. The summed E-state index contributed by atoms with van der Waals surface area (Å²) in [5.41, 5.74) is 4.58. The summed E-state index contributed by atoms with van der Waals surface area (Å²) in [5, 5.41) is 3.91. The number of rotatable bonds is 2. The van der Waals surface area contributed by atoms with Crippen molar-refractivity contribution in [3.63, 3.8) is 0 Å². The summed E-state index contributed by atoms with van der Waals surface area (Å²) < 4.78 is 4.97. The first kappa shape index (κ1) is 15.6. The van der Waals surface area contributed by atoms with Crippen molar-refractivity contribution in [1.29, 1.82) is 0 Å². The third kappa shape index (κ3) is 2.62. The van der Waals surface area contributed by atoms with Gasteiger partial charge in [-0.3, -0.25) is 9.78 Å². The van der Waals surface area contributed by atoms with E-state index in [-0.39, 0.29) is 5.91 Å². The number of hydrogen-bond acceptors (Lipinski definition) is 5. The molecule has 6 nitrogen and oxygen atoms in total. The molecule has 2 N–H and O–H groups in total. The van der Waals surface area contributed by atoms with Crippen molar-refractivity contribution in [2.75, 3.05) is 5.32 Å². The zero-order valence-corrected chi connectivity index (χ0v) is 14.7. The molecule has 4 rings (SSSR count). The first-order chi connectivity index (χ1) is 11.9. The number of fused-ring (bicyclic) bond motifs is 2. The van der Waals surface area contributed by atoms with E-state index in [0.717, 1.165) is 27.0 Å². The summed E-state index contributed by atoms with van der Waals surface area (Å²) in [7, 11) is 0. The fourth-order valence-electron chi connectivity index (χ4n) is 3.05. The van der Waals surface area contributed by atoms with Gasteiger partial charge in [-0.2, -0.15) is 0 Å². The molecular formula is C18H15N3O3S. The van der Waals surface area contributed by atoms with E-state index in [1.807, 2.05) is 26.8 Å². The van der Waals surface area contributed by atoms with Crippen LogP contribution in [0.25, 0.3) is 21.3 Å². The fourth-order valence-corrected chi connectivity index (χ4v) is 4.25. The third-order valence-corrected chi connectivity index (χ3v) is 5.29. The van der Waals surface area contributed by atoms with Crippen LogP contribution in [0.3, 0.4) is 0 Å². The smallest absolute Gasteiger partial charge is 0.408 e. The molecule has 0 aliphatic heterocycles. The molecule has 0 atom stereocenters. The average Bonchev–Trinajstić information content (AvgIpc) is 3.06. The van der Waals surface area contributed by atoms with Crippen LogP contribution in [-0.4, -0.2) is 15.9 Å². The van der Waals surface area contributed by atoms with Crippen LogP contribution in [0.4, 0.5) is 5.69 Å². The number of aryl methyl sites for hydroxylation is 3. The summed E-state index contributed by atoms with van der Waals surface area (Å²) in [6.45, 7) is 5.91. The number of benzene rings is 1. The minimum atomic E-state index is -0.518. The highest BCUT2D eigenvalue weighted by molar-refractivity contribution is 7.20. The first-order valence-electron chi connectivity index (χ1n) is 7.74. The number of nitrogens with one attached hydrogen (secondary N) is 2. The molecule has 7 heteroatoms. The first-order valence-corrected chi connectivity index (χ1v) is 8.55. The van der Waals surface area contributed by atoms with E-state index in [4.69, 9.17) is 4.42 Å². The quantitative estimate of drug-likeness (QED) is 0.572. The zero-order valence-electron chi connectivity index (χ0n) is 13.9. The van der Waals surface area contributed by atoms with Gasteiger partial charge in [-0.05, 0) is 56.2 Å². The van der Waals surface area contributed by atoms with E-state index in [0.29, 0.717) is 21.7 Å². The van der Waals surface area contributed by atoms with Crippen molar-refractivity contribution in [3.8, 4) is 0 Å². The molecule has 0 saturated carbocycles. The number of H-pyrrole nitrogens is 1. The van der Waals surface area contributed by atoms with Gasteiger partial charge in [0.15, 0.2) is 5.58 Å². The summed E-state index contributed by atoms with van der Waals surface area (Å²) in [5.74, 6) is -0.710. The molecule has 1 aromatic carbocycles. The standard InChI is InChI=1S/C18H15N3O3S/c1-8-6-9(2)19-17-14(8)10(3)15(25-17)16(22)20-11-4-5-13-12(7-11)21-18(23)24-13/h4-7H,1-3H3,(H,20,22)(H,21,23). The molecule has 25 heavy (non-hydrogen) atoms. The number of hydrogen-bond donors (Lipinski definition) is 2. The summed E-state index contributed by atoms with van der Waals surface area (Å²) in [6.07, 6.45) is 0. The Labute approximate surface area is 146 Å². The van der Waals surface area contributed by atoms with Crippen LogP contribution in [0.5, 0.6) is 0 Å². The molecule has 3 heterocycles. The molecule has 0 radical (unpaired) electrons. The van der Waals surface area contributed by atoms with E-state index in [2.05, 4.69) is 15.3 Å². The predicted octanol–water partition coefficient (Wildman–Crippen LogP) is 3.91. The van der Waals surface area contributed by atoms with Gasteiger partial charge in [-0.1, -0.05) is 0 Å². The summed E-state index contributed by atoms with van der Waals surface area (Å²) in [4.78, 5) is 32.6. The maximum absolute atomic E-state index is 12.7. The maximum atomic E-state index is 12.7. The molecule has 4 aromatic rings. The monoisotopic (exact) mass is 353 g/mol. The fraction of sp³-hybridized carbons (Fsp3) is 0.167. The van der Waals surface area contributed by atoms with Crippen LogP contribution in [0.1, 0.15) is 26.5 Å². The largest absolute Gasteiger partial charge is 0.417 e. The molecule has 0 aliphatic rings. The second-order valence-electron chi connectivity index (χ2n) is 6.00. The molecule has 0 spiro atoms. The van der Waals surface area contributed by atoms with Gasteiger partial charge in [0, 0.05) is 16.8 Å². The number of oxazole rings is 1. The number of carbonyl (C=O) groups is 1. The van der Waals surface area contributed by atoms with Crippen LogP contribution in [0.2, 0.25) is 0 Å². The van der Waals surface area contributed by atoms with Crippen molar-refractivity contribution in [2.45, 2.75) is 20.8 Å². The number of thiophene rings is 1. The molecule has 0 aliphatic carbocycles. The van der Waals surface area contributed by atoms with Gasteiger partial charge in [-0.15, -0.1) is 11.3 Å². The van der Waals surface area contributed by atoms with Gasteiger partial charge in [0.25, 0.3) is 5.91 Å². The maximum Gasteiger partial charge on any atom is 0.417 e. The van der Waals surface area contributed by atoms with Gasteiger partial charge in [0.1, 0.15) is 4.83 Å². The highest BCUT2D eigenvalue weighted by Gasteiger charge is 2.18. The van der Waals surface area contributed by atoms with Crippen molar-refractivity contribution in [1.82, 2.24) is 9.97 Å². The Morgan fingerprint density at radius 3 is 2.84 bits per heavy atom. The number of aromatic amines is 1. The Morgan fingerprint density at radius 2 is 2.04 bits per heavy atom. The topological polar surface area (TPSA) is 88.0 Å². The molecule has 0 unspecified atom stereocenters. The lowest BCUT2D eigenvalue weighted by atomic mass is 10.1. The normalized spacial score (nSPS) is 11.3. The average molecular weight is 353 g/mol. The Balaban J connectivity index is 1.72. The van der Waals surface area contributed by atoms with Gasteiger partial charge in [0.2, 0.25) is 0 Å². The van der Waals surface area contributed by atoms with Gasteiger partial charge < -0.3 is 9.73 Å². The van der Waals surface area contributed by atoms with E-state index < -0.39 is 5.76 Å². The minimum Gasteiger partial charge on any atom is -0.408 e. The van der Waals surface area contributed by atoms with Crippen LogP contribution in [0.15, 0.2) is 33.5 Å². The second-order valence-corrected chi connectivity index (χ2v) is 7.00. The minimum absolute atomic E-state index is 0.192. The van der Waals surface area contributed by atoms with Crippen LogP contribution < -0.4 is 11.1 Å². The molecule has 126 valence electrons. The SMILES string of the molecule is Cc1cc(C)c2c(C)c(C(=O)Nc3ccc4oc(=O)[nH]c4c3)sc2n1. The number of anilines is 1. The van der Waals surface area contributed by atoms with Gasteiger partial charge in [0.05, 0.1) is 10.4 Å². The molecular weight excluding hydrogens is 338 g/mol. The van der Waals surface area contributed by atoms with E-state index >= 15 is 0 Å². The molecule has 3 aromatic heterocycles. The highest BCUT2D eigenvalue weighted by Crippen LogP contribution is 2.32. The summed E-state index contributed by atoms with van der Waals surface area (Å²) in [6, 6.07) is 7.05. The highest BCUT2D eigenvalue weighted by atomic mass is 32.1. The van der Waals surface area contributed by atoms with E-state index in [1.54, 1.807) is 18.2 Å². The van der Waals surface area contributed by atoms with Crippen LogP contribution in [0, 0.1) is 20.8 Å². The van der Waals surface area contributed by atoms with Crippen LogP contribution in [-0.2, 0) is 0 Å². The zero-order chi connectivity index (χ0) is 17.7. The lowest BCUT2D eigenvalue weighted by molar-refractivity contribution is 0.103. The number of carbonyl (C=O) groups excluding carboxylic acids is 1. The van der Waals surface area contributed by atoms with Crippen molar-refractivity contribution >= 4 is 44.2 Å². The Kier molecular flexibility index (Phi) is 3.47. The molecule has 0 fully saturated rings. The Bertz CT molecular complexity index is 1200. The van der Waals surface area contributed by atoms with Gasteiger partial charge in [-0.25, -0.2) is 9.78 Å². The lowest BCUT2D eigenvalue weighted by Crippen LogP contribution is -2.11. The Hall–Kier alpha value is -2.93. The molecule has 1 amide bonds. The second kappa shape index (κ2) is 5.56. The van der Waals surface area contributed by atoms with Crippen molar-refractivity contribution in [2.24, 2.45) is 0 Å². The Morgan fingerprint density at radius 1 is 1.24 bits per heavy atom. The van der Waals surface area contributed by atoms with Gasteiger partial charge >= 0.3 is 5.76 Å². The van der Waals surface area contributed by atoms with Crippen LogP contribution >= 0.6 is 11.3 Å². The molecule has 0 bridgehead atoms.